The second-order valence-electron chi connectivity index (χ2n) is 7.14. The van der Waals surface area contributed by atoms with Crippen LogP contribution < -0.4 is 15.8 Å². The molecule has 0 bridgehead atoms. The fraction of sp³-hybridized carbons (Fsp3) is 0.130. The molecular weight excluding hydrogens is 456 g/mol. The minimum absolute atomic E-state index is 0.106. The molecule has 2 aromatic heterocycles. The smallest absolute Gasteiger partial charge is 0.221 e. The first kappa shape index (κ1) is 21.9. The molecule has 0 aliphatic carbocycles. The Morgan fingerprint density at radius 2 is 1.94 bits per heavy atom. The first-order valence-electron chi connectivity index (χ1n) is 9.60. The summed E-state index contributed by atoms with van der Waals surface area (Å²) < 4.78 is 25.7. The van der Waals surface area contributed by atoms with Gasteiger partial charge in [0.1, 0.15) is 11.9 Å². The number of amides is 1. The monoisotopic (exact) mass is 473 g/mol. The van der Waals surface area contributed by atoms with E-state index in [4.69, 9.17) is 38.1 Å². The van der Waals surface area contributed by atoms with Gasteiger partial charge in [-0.15, -0.1) is 0 Å². The topological polar surface area (TPSA) is 90.4 Å². The number of hydrogen-bond acceptors (Lipinski definition) is 5. The number of ether oxygens (including phenoxy) is 1. The number of nitrogens with two attached hydrogens (primary N) is 1. The van der Waals surface area contributed by atoms with Crippen LogP contribution in [0.3, 0.4) is 0 Å². The molecule has 0 saturated carbocycles. The number of halogens is 3. The minimum atomic E-state index is -0.731. The van der Waals surface area contributed by atoms with E-state index in [2.05, 4.69) is 10.3 Å². The van der Waals surface area contributed by atoms with Crippen LogP contribution in [0.2, 0.25) is 10.0 Å². The van der Waals surface area contributed by atoms with Gasteiger partial charge in [0.15, 0.2) is 11.4 Å². The summed E-state index contributed by atoms with van der Waals surface area (Å²) >= 11 is 12.3. The average molecular weight is 474 g/mol. The molecular formula is C23H18Cl2FN3O3. The van der Waals surface area contributed by atoms with E-state index < -0.39 is 11.9 Å². The van der Waals surface area contributed by atoms with E-state index in [1.807, 2.05) is 12.1 Å². The summed E-state index contributed by atoms with van der Waals surface area (Å²) in [6.45, 7) is 3.12. The zero-order valence-corrected chi connectivity index (χ0v) is 18.6. The van der Waals surface area contributed by atoms with Crippen LogP contribution >= 0.6 is 23.2 Å². The number of furan rings is 1. The fourth-order valence-corrected chi connectivity index (χ4v) is 4.08. The zero-order chi connectivity index (χ0) is 23.0. The zero-order valence-electron chi connectivity index (χ0n) is 17.1. The van der Waals surface area contributed by atoms with Gasteiger partial charge in [0.05, 0.1) is 16.7 Å². The maximum Gasteiger partial charge on any atom is 0.221 e. The number of anilines is 2. The number of fused-ring (bicyclic) bond motifs is 1. The number of carbonyl (C=O) groups excluding carboxylic acids is 1. The van der Waals surface area contributed by atoms with E-state index in [1.54, 1.807) is 31.5 Å². The van der Waals surface area contributed by atoms with Gasteiger partial charge in [0.25, 0.3) is 0 Å². The van der Waals surface area contributed by atoms with E-state index in [9.17, 15) is 9.18 Å². The number of rotatable bonds is 5. The van der Waals surface area contributed by atoms with Crippen molar-refractivity contribution in [3.05, 3.63) is 70.3 Å². The van der Waals surface area contributed by atoms with Crippen LogP contribution in [0.4, 0.5) is 15.9 Å². The third kappa shape index (κ3) is 4.09. The quantitative estimate of drug-likeness (QED) is 0.317. The highest BCUT2D eigenvalue weighted by Gasteiger charge is 2.23. The average Bonchev–Trinajstić information content (AvgIpc) is 3.17. The van der Waals surface area contributed by atoms with E-state index in [1.165, 1.54) is 19.1 Å². The summed E-state index contributed by atoms with van der Waals surface area (Å²) in [5.41, 5.74) is 9.03. The van der Waals surface area contributed by atoms with Crippen LogP contribution in [0.1, 0.15) is 25.5 Å². The van der Waals surface area contributed by atoms with Crippen molar-refractivity contribution in [2.75, 3.05) is 11.1 Å². The Balaban J connectivity index is 1.72. The third-order valence-electron chi connectivity index (χ3n) is 4.90. The Morgan fingerprint density at radius 1 is 1.22 bits per heavy atom. The predicted octanol–water partition coefficient (Wildman–Crippen LogP) is 6.62. The van der Waals surface area contributed by atoms with Gasteiger partial charge >= 0.3 is 0 Å². The number of aromatic nitrogens is 1. The Kier molecular flexibility index (Phi) is 5.95. The van der Waals surface area contributed by atoms with Crippen molar-refractivity contribution < 1.29 is 18.3 Å². The molecule has 164 valence electrons. The number of pyridine rings is 1. The van der Waals surface area contributed by atoms with Gasteiger partial charge in [-0.2, -0.15) is 0 Å². The summed E-state index contributed by atoms with van der Waals surface area (Å²) in [6, 6.07) is 9.87. The predicted molar refractivity (Wildman–Crippen MR) is 124 cm³/mol. The number of nitrogen functional groups attached to an aromatic ring is 1. The summed E-state index contributed by atoms with van der Waals surface area (Å²) in [5, 5.41) is 3.54. The highest BCUT2D eigenvalue weighted by molar-refractivity contribution is 6.36. The molecule has 0 aliphatic rings. The Labute approximate surface area is 193 Å². The lowest BCUT2D eigenvalue weighted by Gasteiger charge is -2.18. The van der Waals surface area contributed by atoms with Gasteiger partial charge in [-0.1, -0.05) is 35.3 Å². The number of hydrogen-bond donors (Lipinski definition) is 2. The molecule has 1 amide bonds. The number of nitrogens with zero attached hydrogens (tertiary/aromatic N) is 1. The van der Waals surface area contributed by atoms with Crippen molar-refractivity contribution in [3.63, 3.8) is 0 Å². The Bertz CT molecular complexity index is 1320. The van der Waals surface area contributed by atoms with Crippen molar-refractivity contribution in [2.45, 2.75) is 20.0 Å². The second kappa shape index (κ2) is 8.68. The number of benzene rings is 2. The lowest BCUT2D eigenvalue weighted by atomic mass is 10.1. The van der Waals surface area contributed by atoms with Crippen LogP contribution in [-0.4, -0.2) is 10.9 Å². The van der Waals surface area contributed by atoms with Crippen LogP contribution in [0.15, 0.2) is 53.3 Å². The van der Waals surface area contributed by atoms with Crippen LogP contribution in [0, 0.1) is 5.82 Å². The van der Waals surface area contributed by atoms with Gasteiger partial charge < -0.3 is 20.2 Å². The van der Waals surface area contributed by atoms with Crippen molar-refractivity contribution in [2.24, 2.45) is 0 Å². The maximum atomic E-state index is 14.0. The minimum Gasteiger partial charge on any atom is -0.478 e. The van der Waals surface area contributed by atoms with Crippen LogP contribution in [0.5, 0.6) is 5.75 Å². The first-order valence-corrected chi connectivity index (χ1v) is 10.4. The van der Waals surface area contributed by atoms with Crippen LogP contribution in [-0.2, 0) is 4.79 Å². The summed E-state index contributed by atoms with van der Waals surface area (Å²) in [5.74, 6) is -0.447. The molecule has 0 unspecified atom stereocenters. The molecule has 0 saturated heterocycles. The Hall–Kier alpha value is -3.29. The largest absolute Gasteiger partial charge is 0.478 e. The molecule has 6 nitrogen and oxygen atoms in total. The van der Waals surface area contributed by atoms with Gasteiger partial charge in [0, 0.05) is 35.0 Å². The van der Waals surface area contributed by atoms with E-state index in [0.717, 1.165) is 11.1 Å². The molecule has 3 N–H and O–H groups in total. The number of nitrogens with one attached hydrogen (secondary N) is 1. The van der Waals surface area contributed by atoms with Crippen molar-refractivity contribution in [1.29, 1.82) is 0 Å². The highest BCUT2D eigenvalue weighted by atomic mass is 35.5. The Morgan fingerprint density at radius 3 is 2.62 bits per heavy atom. The van der Waals surface area contributed by atoms with Gasteiger partial charge in [-0.3, -0.25) is 4.79 Å². The molecule has 0 spiro atoms. The molecule has 0 radical (unpaired) electrons. The van der Waals surface area contributed by atoms with Crippen molar-refractivity contribution >= 4 is 51.6 Å². The summed E-state index contributed by atoms with van der Waals surface area (Å²) in [6.07, 6.45) is 2.43. The SMILES string of the molecule is CC(=O)Nc1ccc(-c2coc3c(O[C@H](C)c4c(Cl)ccc(F)c4Cl)c(N)ncc23)cc1. The summed E-state index contributed by atoms with van der Waals surface area (Å²) in [7, 11) is 0. The number of carbonyl (C=O) groups is 1. The molecule has 4 aromatic rings. The molecule has 32 heavy (non-hydrogen) atoms. The molecule has 4 rings (SSSR count). The highest BCUT2D eigenvalue weighted by Crippen LogP contribution is 2.41. The lowest BCUT2D eigenvalue weighted by molar-refractivity contribution is -0.114. The van der Waals surface area contributed by atoms with Gasteiger partial charge in [-0.25, -0.2) is 9.37 Å². The van der Waals surface area contributed by atoms with E-state index >= 15 is 0 Å². The second-order valence-corrected chi connectivity index (χ2v) is 7.93. The lowest BCUT2D eigenvalue weighted by Crippen LogP contribution is -2.08. The van der Waals surface area contributed by atoms with Gasteiger partial charge in [0.2, 0.25) is 11.7 Å². The molecule has 2 aromatic carbocycles. The third-order valence-corrected chi connectivity index (χ3v) is 5.61. The van der Waals surface area contributed by atoms with Crippen molar-refractivity contribution in [1.82, 2.24) is 4.98 Å². The fourth-order valence-electron chi connectivity index (χ4n) is 3.41. The molecule has 9 heteroatoms. The van der Waals surface area contributed by atoms with Crippen LogP contribution in [0.25, 0.3) is 22.1 Å². The molecule has 1 atom stereocenters. The van der Waals surface area contributed by atoms with E-state index in [-0.39, 0.29) is 27.5 Å². The van der Waals surface area contributed by atoms with Crippen molar-refractivity contribution in [3.8, 4) is 16.9 Å². The maximum absolute atomic E-state index is 14.0. The molecule has 0 aliphatic heterocycles. The normalized spacial score (nSPS) is 12.0. The van der Waals surface area contributed by atoms with Gasteiger partial charge in [-0.05, 0) is 36.8 Å². The molecule has 0 fully saturated rings. The summed E-state index contributed by atoms with van der Waals surface area (Å²) in [4.78, 5) is 15.5. The molecule has 2 heterocycles. The van der Waals surface area contributed by atoms with E-state index in [0.29, 0.717) is 22.2 Å². The standard InChI is InChI=1S/C23H18Cl2FN3O3/c1-11(19-17(24)7-8-18(26)20(19)25)32-22-21-15(9-28-23(22)27)16(10-31-21)13-3-5-14(6-4-13)29-12(2)30/h3-11H,1-2H3,(H2,27,28)(H,29,30)/t11-/m1/s1. The first-order chi connectivity index (χ1) is 15.3.